The minimum absolute atomic E-state index is 0. The molecule has 1 N–H and O–H groups in total. The first-order chi connectivity index (χ1) is 11.9. The summed E-state index contributed by atoms with van der Waals surface area (Å²) in [5.41, 5.74) is -0.246. The number of halogens is 1. The first-order valence-corrected chi connectivity index (χ1v) is 9.92. The highest BCUT2D eigenvalue weighted by Crippen LogP contribution is 2.31. The van der Waals surface area contributed by atoms with E-state index in [-0.39, 0.29) is 28.7 Å². The van der Waals surface area contributed by atoms with Crippen LogP contribution in [0.3, 0.4) is 0 Å². The second-order valence-electron chi connectivity index (χ2n) is 6.62. The fourth-order valence-electron chi connectivity index (χ4n) is 3.07. The fourth-order valence-corrected chi connectivity index (χ4v) is 4.56. The molecule has 0 spiro atoms. The first kappa shape index (κ1) is 20.9. The molecule has 1 heterocycles. The molecular weight excluding hydrogens is 382 g/mol. The van der Waals surface area contributed by atoms with Gasteiger partial charge in [-0.3, -0.25) is 10.1 Å². The van der Waals surface area contributed by atoms with E-state index in [0.717, 1.165) is 25.3 Å². The minimum Gasteiger partial charge on any atom is -0.490 e. The van der Waals surface area contributed by atoms with Crippen molar-refractivity contribution in [2.45, 2.75) is 36.6 Å². The average molecular weight is 406 g/mol. The van der Waals surface area contributed by atoms with Crippen LogP contribution in [0.4, 0.5) is 5.69 Å². The lowest BCUT2D eigenvalue weighted by Crippen LogP contribution is -2.45. The van der Waals surface area contributed by atoms with Gasteiger partial charge in [0.05, 0.1) is 16.9 Å². The molecule has 2 aliphatic rings. The summed E-state index contributed by atoms with van der Waals surface area (Å²) in [5.74, 6) is 0.751. The molecule has 8 nitrogen and oxygen atoms in total. The molecule has 2 fully saturated rings. The van der Waals surface area contributed by atoms with E-state index in [1.165, 1.54) is 42.5 Å². The smallest absolute Gasteiger partial charge is 0.310 e. The van der Waals surface area contributed by atoms with E-state index in [9.17, 15) is 18.5 Å². The van der Waals surface area contributed by atoms with Crippen molar-refractivity contribution in [2.75, 3.05) is 26.7 Å². The monoisotopic (exact) mass is 405 g/mol. The van der Waals surface area contributed by atoms with Gasteiger partial charge in [0.2, 0.25) is 10.0 Å². The third-order valence-electron chi connectivity index (χ3n) is 4.83. The molecule has 1 aliphatic heterocycles. The number of ether oxygens (including phenoxy) is 1. The first-order valence-electron chi connectivity index (χ1n) is 8.48. The standard InChI is InChI=1S/C16H23N3O5S.ClH/c1-24-16-10-14(4-5-15(16)19(20)21)25(22,23)18-8-6-13(7-9-18)17-11-12-2-3-12;/h4-5,10,12-13,17H,2-3,6-9,11H2,1H3;1H. The summed E-state index contributed by atoms with van der Waals surface area (Å²) in [6.45, 7) is 1.92. The predicted octanol–water partition coefficient (Wildman–Crippen LogP) is 2.18. The number of nitro benzene ring substituents is 1. The van der Waals surface area contributed by atoms with E-state index in [1.54, 1.807) is 0 Å². The van der Waals surface area contributed by atoms with Crippen molar-refractivity contribution in [1.29, 1.82) is 0 Å². The molecule has 0 bridgehead atoms. The maximum absolute atomic E-state index is 12.8. The van der Waals surface area contributed by atoms with Gasteiger partial charge in [-0.2, -0.15) is 4.31 Å². The molecule has 0 radical (unpaired) electrons. The van der Waals surface area contributed by atoms with Gasteiger partial charge in [0.25, 0.3) is 0 Å². The van der Waals surface area contributed by atoms with Crippen LogP contribution in [-0.4, -0.2) is 50.4 Å². The molecule has 10 heteroatoms. The molecule has 1 saturated heterocycles. The maximum Gasteiger partial charge on any atom is 0.310 e. The van der Waals surface area contributed by atoms with Gasteiger partial charge < -0.3 is 10.1 Å². The number of rotatable bonds is 7. The lowest BCUT2D eigenvalue weighted by atomic mass is 10.1. The van der Waals surface area contributed by atoms with Crippen LogP contribution in [0.5, 0.6) is 5.75 Å². The summed E-state index contributed by atoms with van der Waals surface area (Å²) in [5, 5.41) is 14.5. The van der Waals surface area contributed by atoms with Gasteiger partial charge in [-0.25, -0.2) is 8.42 Å². The van der Waals surface area contributed by atoms with Crippen LogP contribution in [0.1, 0.15) is 25.7 Å². The molecule has 0 atom stereocenters. The second kappa shape index (κ2) is 8.51. The normalized spacial score (nSPS) is 19.0. The lowest BCUT2D eigenvalue weighted by molar-refractivity contribution is -0.385. The molecule has 3 rings (SSSR count). The number of piperidine rings is 1. The lowest BCUT2D eigenvalue weighted by Gasteiger charge is -2.31. The Hall–Kier alpha value is -1.42. The van der Waals surface area contributed by atoms with Crippen LogP contribution in [0, 0.1) is 16.0 Å². The van der Waals surface area contributed by atoms with Crippen molar-refractivity contribution >= 4 is 28.1 Å². The molecule has 26 heavy (non-hydrogen) atoms. The summed E-state index contributed by atoms with van der Waals surface area (Å²) < 4.78 is 32.0. The topological polar surface area (TPSA) is 102 Å². The number of nitrogens with zero attached hydrogens (tertiary/aromatic N) is 2. The van der Waals surface area contributed by atoms with Gasteiger partial charge >= 0.3 is 5.69 Å². The van der Waals surface area contributed by atoms with Gasteiger partial charge in [0.1, 0.15) is 0 Å². The third kappa shape index (κ3) is 4.64. The number of methoxy groups -OCH3 is 1. The van der Waals surface area contributed by atoms with Crippen molar-refractivity contribution < 1.29 is 18.1 Å². The quantitative estimate of drug-likeness (QED) is 0.551. The summed E-state index contributed by atoms with van der Waals surface area (Å²) in [7, 11) is -2.39. The molecule has 0 aromatic heterocycles. The van der Waals surface area contributed by atoms with Crippen LogP contribution in [0.25, 0.3) is 0 Å². The molecule has 1 saturated carbocycles. The van der Waals surface area contributed by atoms with Gasteiger partial charge in [-0.1, -0.05) is 0 Å². The Morgan fingerprint density at radius 1 is 1.27 bits per heavy atom. The van der Waals surface area contributed by atoms with Gasteiger partial charge in [-0.15, -0.1) is 12.4 Å². The van der Waals surface area contributed by atoms with E-state index >= 15 is 0 Å². The Morgan fingerprint density at radius 3 is 2.46 bits per heavy atom. The van der Waals surface area contributed by atoms with Crippen molar-refractivity contribution in [1.82, 2.24) is 9.62 Å². The van der Waals surface area contributed by atoms with Gasteiger partial charge in [0.15, 0.2) is 5.75 Å². The van der Waals surface area contributed by atoms with Crippen LogP contribution in [-0.2, 0) is 10.0 Å². The number of nitro groups is 1. The number of hydrogen-bond donors (Lipinski definition) is 1. The largest absolute Gasteiger partial charge is 0.490 e. The molecule has 146 valence electrons. The summed E-state index contributed by atoms with van der Waals surface area (Å²) >= 11 is 0. The minimum atomic E-state index is -3.68. The number of hydrogen-bond acceptors (Lipinski definition) is 6. The third-order valence-corrected chi connectivity index (χ3v) is 6.73. The van der Waals surface area contributed by atoms with Crippen molar-refractivity contribution in [3.05, 3.63) is 28.3 Å². The van der Waals surface area contributed by atoms with Crippen LogP contribution in [0.15, 0.2) is 23.1 Å². The molecule has 1 aliphatic carbocycles. The second-order valence-corrected chi connectivity index (χ2v) is 8.56. The molecule has 0 unspecified atom stereocenters. The highest BCUT2D eigenvalue weighted by atomic mass is 35.5. The van der Waals surface area contributed by atoms with Crippen molar-refractivity contribution in [3.63, 3.8) is 0 Å². The van der Waals surface area contributed by atoms with E-state index in [2.05, 4.69) is 5.32 Å². The zero-order valence-corrected chi connectivity index (χ0v) is 16.2. The Kier molecular flexibility index (Phi) is 6.84. The Balaban J connectivity index is 0.00000243. The van der Waals surface area contributed by atoms with E-state index in [0.29, 0.717) is 19.1 Å². The summed E-state index contributed by atoms with van der Waals surface area (Å²) in [6.07, 6.45) is 4.14. The Labute approximate surface area is 159 Å². The number of nitrogens with one attached hydrogen (secondary N) is 1. The maximum atomic E-state index is 12.8. The zero-order valence-electron chi connectivity index (χ0n) is 14.6. The molecular formula is C16H24ClN3O5S. The summed E-state index contributed by atoms with van der Waals surface area (Å²) in [4.78, 5) is 10.4. The highest BCUT2D eigenvalue weighted by Gasteiger charge is 2.31. The predicted molar refractivity (Wildman–Crippen MR) is 99.4 cm³/mol. The van der Waals surface area contributed by atoms with Crippen LogP contribution in [0.2, 0.25) is 0 Å². The van der Waals surface area contributed by atoms with Gasteiger partial charge in [-0.05, 0) is 44.2 Å². The Bertz CT molecular complexity index is 746. The number of benzene rings is 1. The van der Waals surface area contributed by atoms with Crippen LogP contribution >= 0.6 is 12.4 Å². The van der Waals surface area contributed by atoms with Crippen molar-refractivity contribution in [2.24, 2.45) is 5.92 Å². The molecule has 1 aromatic rings. The molecule has 0 amide bonds. The number of sulfonamides is 1. The van der Waals surface area contributed by atoms with Crippen molar-refractivity contribution in [3.8, 4) is 5.75 Å². The van der Waals surface area contributed by atoms with E-state index in [1.807, 2.05) is 0 Å². The Morgan fingerprint density at radius 2 is 1.92 bits per heavy atom. The highest BCUT2D eigenvalue weighted by molar-refractivity contribution is 7.89. The summed E-state index contributed by atoms with van der Waals surface area (Å²) in [6, 6.07) is 4.03. The van der Waals surface area contributed by atoms with E-state index < -0.39 is 14.9 Å². The van der Waals surface area contributed by atoms with Gasteiger partial charge in [0, 0.05) is 31.3 Å². The zero-order chi connectivity index (χ0) is 18.0. The molecule has 1 aromatic carbocycles. The SMILES string of the molecule is COc1cc(S(=O)(=O)N2CCC(NCC3CC3)CC2)ccc1[N+](=O)[O-].Cl. The average Bonchev–Trinajstić information content (AvgIpc) is 3.44. The van der Waals surface area contributed by atoms with Crippen LogP contribution < -0.4 is 10.1 Å². The fraction of sp³-hybridized carbons (Fsp3) is 0.625. The van der Waals surface area contributed by atoms with E-state index in [4.69, 9.17) is 4.74 Å².